The molecule has 0 bridgehead atoms. The zero-order valence-electron chi connectivity index (χ0n) is 9.04. The van der Waals surface area contributed by atoms with Gasteiger partial charge in [-0.15, -0.1) is 11.3 Å². The van der Waals surface area contributed by atoms with Crippen LogP contribution < -0.4 is 5.73 Å². The summed E-state index contributed by atoms with van der Waals surface area (Å²) in [5, 5.41) is 12.0. The van der Waals surface area contributed by atoms with Crippen molar-refractivity contribution >= 4 is 17.2 Å². The number of aliphatic hydroxyl groups excluding tert-OH is 1. The second-order valence-electron chi connectivity index (χ2n) is 3.64. The average Bonchev–Trinajstić information content (AvgIpc) is 2.79. The molecule has 5 heteroatoms. The molecule has 17 heavy (non-hydrogen) atoms. The van der Waals surface area contributed by atoms with Crippen LogP contribution in [0.4, 0.5) is 0 Å². The van der Waals surface area contributed by atoms with E-state index in [-0.39, 0.29) is 5.69 Å². The Morgan fingerprint density at radius 3 is 2.71 bits per heavy atom. The number of carbonyl (C=O) groups is 1. The van der Waals surface area contributed by atoms with Gasteiger partial charge in [-0.25, -0.2) is 4.98 Å². The molecule has 0 aliphatic heterocycles. The summed E-state index contributed by atoms with van der Waals surface area (Å²) in [6.45, 7) is 0. The number of benzene rings is 1. The fraction of sp³-hybridized carbons (Fsp3) is 0.167. The third kappa shape index (κ3) is 2.89. The van der Waals surface area contributed by atoms with Crippen molar-refractivity contribution in [1.29, 1.82) is 0 Å². The normalized spacial score (nSPS) is 12.3. The average molecular weight is 248 g/mol. The molecule has 0 saturated heterocycles. The van der Waals surface area contributed by atoms with Crippen LogP contribution >= 0.6 is 11.3 Å². The second kappa shape index (κ2) is 5.07. The summed E-state index contributed by atoms with van der Waals surface area (Å²) in [4.78, 5) is 14.9. The number of hydrogen-bond acceptors (Lipinski definition) is 4. The van der Waals surface area contributed by atoms with E-state index in [0.29, 0.717) is 11.4 Å². The van der Waals surface area contributed by atoms with E-state index in [1.165, 1.54) is 11.3 Å². The van der Waals surface area contributed by atoms with Gasteiger partial charge in [-0.3, -0.25) is 4.79 Å². The molecule has 0 fully saturated rings. The molecule has 0 spiro atoms. The lowest BCUT2D eigenvalue weighted by Gasteiger charge is -2.06. The van der Waals surface area contributed by atoms with E-state index in [4.69, 9.17) is 5.73 Å². The fourth-order valence-electron chi connectivity index (χ4n) is 1.48. The molecule has 0 aliphatic rings. The monoisotopic (exact) mass is 248 g/mol. The third-order valence-electron chi connectivity index (χ3n) is 2.33. The first-order valence-corrected chi connectivity index (χ1v) is 6.02. The summed E-state index contributed by atoms with van der Waals surface area (Å²) in [7, 11) is 0. The van der Waals surface area contributed by atoms with Crippen LogP contribution in [0, 0.1) is 0 Å². The minimum atomic E-state index is -0.699. The Morgan fingerprint density at radius 2 is 2.12 bits per heavy atom. The van der Waals surface area contributed by atoms with Crippen LogP contribution in [0.3, 0.4) is 0 Å². The number of hydrogen-bond donors (Lipinski definition) is 2. The number of rotatable bonds is 4. The standard InChI is InChI=1S/C12H12N2O2S/c13-11(16)9-7-17-12(14-9)10(15)6-8-4-2-1-3-5-8/h1-5,7,10,15H,6H2,(H2,13,16)/t10-/m1/s1. The summed E-state index contributed by atoms with van der Waals surface area (Å²) in [6.07, 6.45) is -0.220. The van der Waals surface area contributed by atoms with E-state index in [1.54, 1.807) is 5.38 Å². The second-order valence-corrected chi connectivity index (χ2v) is 4.53. The zero-order chi connectivity index (χ0) is 12.3. The molecule has 1 aromatic heterocycles. The molecule has 1 amide bonds. The number of thiazole rings is 1. The van der Waals surface area contributed by atoms with Crippen molar-refractivity contribution in [3.63, 3.8) is 0 Å². The van der Waals surface area contributed by atoms with Gasteiger partial charge in [0.15, 0.2) is 0 Å². The number of carbonyl (C=O) groups excluding carboxylic acids is 1. The van der Waals surface area contributed by atoms with Gasteiger partial charge >= 0.3 is 0 Å². The quantitative estimate of drug-likeness (QED) is 0.861. The lowest BCUT2D eigenvalue weighted by atomic mass is 10.1. The van der Waals surface area contributed by atoms with Gasteiger partial charge in [-0.1, -0.05) is 30.3 Å². The summed E-state index contributed by atoms with van der Waals surface area (Å²) < 4.78 is 0. The maximum atomic E-state index is 10.9. The third-order valence-corrected chi connectivity index (χ3v) is 3.28. The van der Waals surface area contributed by atoms with Gasteiger partial charge in [-0.2, -0.15) is 0 Å². The highest BCUT2D eigenvalue weighted by Crippen LogP contribution is 2.21. The van der Waals surface area contributed by atoms with Crippen molar-refractivity contribution in [1.82, 2.24) is 4.98 Å². The van der Waals surface area contributed by atoms with Crippen molar-refractivity contribution in [2.24, 2.45) is 5.73 Å². The molecule has 0 radical (unpaired) electrons. The van der Waals surface area contributed by atoms with Crippen LogP contribution in [0.25, 0.3) is 0 Å². The molecule has 0 saturated carbocycles. The molecule has 3 N–H and O–H groups in total. The number of primary amides is 1. The van der Waals surface area contributed by atoms with Crippen LogP contribution in [0.1, 0.15) is 27.2 Å². The Morgan fingerprint density at radius 1 is 1.41 bits per heavy atom. The van der Waals surface area contributed by atoms with Gasteiger partial charge in [0, 0.05) is 11.8 Å². The van der Waals surface area contributed by atoms with Gasteiger partial charge in [0.05, 0.1) is 0 Å². The number of aromatic nitrogens is 1. The SMILES string of the molecule is NC(=O)c1csc([C@H](O)Cc2ccccc2)n1. The molecule has 1 atom stereocenters. The van der Waals surface area contributed by atoms with Gasteiger partial charge in [0.25, 0.3) is 5.91 Å². The molecule has 0 unspecified atom stereocenters. The van der Waals surface area contributed by atoms with Gasteiger partial charge < -0.3 is 10.8 Å². The van der Waals surface area contributed by atoms with Crippen LogP contribution in [-0.4, -0.2) is 16.0 Å². The predicted molar refractivity (Wildman–Crippen MR) is 65.7 cm³/mol. The zero-order valence-corrected chi connectivity index (χ0v) is 9.85. The minimum Gasteiger partial charge on any atom is -0.386 e. The topological polar surface area (TPSA) is 76.2 Å². The molecule has 0 aliphatic carbocycles. The lowest BCUT2D eigenvalue weighted by molar-refractivity contribution is 0.0995. The molecule has 2 aromatic rings. The van der Waals surface area contributed by atoms with Crippen molar-refractivity contribution in [2.45, 2.75) is 12.5 Å². The highest BCUT2D eigenvalue weighted by atomic mass is 32.1. The highest BCUT2D eigenvalue weighted by Gasteiger charge is 2.14. The highest BCUT2D eigenvalue weighted by molar-refractivity contribution is 7.09. The van der Waals surface area contributed by atoms with E-state index >= 15 is 0 Å². The smallest absolute Gasteiger partial charge is 0.268 e. The van der Waals surface area contributed by atoms with Crippen LogP contribution in [-0.2, 0) is 6.42 Å². The number of nitrogens with zero attached hydrogens (tertiary/aromatic N) is 1. The molecule has 4 nitrogen and oxygen atoms in total. The van der Waals surface area contributed by atoms with Crippen LogP contribution in [0.5, 0.6) is 0 Å². The first kappa shape index (κ1) is 11.8. The Labute approximate surface area is 103 Å². The molecule has 1 aromatic carbocycles. The molecular weight excluding hydrogens is 236 g/mol. The van der Waals surface area contributed by atoms with E-state index < -0.39 is 12.0 Å². The number of amides is 1. The maximum Gasteiger partial charge on any atom is 0.268 e. The van der Waals surface area contributed by atoms with Gasteiger partial charge in [0.2, 0.25) is 0 Å². The fourth-order valence-corrected chi connectivity index (χ4v) is 2.27. The molecule has 88 valence electrons. The van der Waals surface area contributed by atoms with Crippen LogP contribution in [0.2, 0.25) is 0 Å². The molecular formula is C12H12N2O2S. The Kier molecular flexibility index (Phi) is 3.51. The first-order valence-electron chi connectivity index (χ1n) is 5.14. The van der Waals surface area contributed by atoms with Crippen molar-refractivity contribution in [3.8, 4) is 0 Å². The minimum absolute atomic E-state index is 0.206. The Hall–Kier alpha value is -1.72. The Bertz CT molecular complexity index is 510. The van der Waals surface area contributed by atoms with Crippen molar-refractivity contribution in [2.75, 3.05) is 0 Å². The predicted octanol–water partition coefficient (Wildman–Crippen LogP) is 1.52. The number of nitrogens with two attached hydrogens (primary N) is 1. The van der Waals surface area contributed by atoms with E-state index in [2.05, 4.69) is 4.98 Å². The maximum absolute atomic E-state index is 10.9. The molecule has 1 heterocycles. The Balaban J connectivity index is 2.09. The van der Waals surface area contributed by atoms with Crippen LogP contribution in [0.15, 0.2) is 35.7 Å². The molecule has 2 rings (SSSR count). The number of aliphatic hydroxyl groups is 1. The summed E-state index contributed by atoms with van der Waals surface area (Å²) in [5.41, 5.74) is 6.33. The summed E-state index contributed by atoms with van der Waals surface area (Å²) in [5.74, 6) is -0.570. The van der Waals surface area contributed by atoms with Gasteiger partial charge in [-0.05, 0) is 5.56 Å². The van der Waals surface area contributed by atoms with E-state index in [0.717, 1.165) is 5.56 Å². The van der Waals surface area contributed by atoms with Gasteiger partial charge in [0.1, 0.15) is 16.8 Å². The lowest BCUT2D eigenvalue weighted by Crippen LogP contribution is -2.12. The summed E-state index contributed by atoms with van der Waals surface area (Å²) >= 11 is 1.24. The van der Waals surface area contributed by atoms with Crippen molar-refractivity contribution < 1.29 is 9.90 Å². The summed E-state index contributed by atoms with van der Waals surface area (Å²) in [6, 6.07) is 9.62. The van der Waals surface area contributed by atoms with E-state index in [9.17, 15) is 9.90 Å². The van der Waals surface area contributed by atoms with Crippen molar-refractivity contribution in [3.05, 3.63) is 52.0 Å². The first-order chi connectivity index (χ1) is 8.16. The van der Waals surface area contributed by atoms with E-state index in [1.807, 2.05) is 30.3 Å². The largest absolute Gasteiger partial charge is 0.386 e.